The molecule has 0 unspecified atom stereocenters. The lowest BCUT2D eigenvalue weighted by Gasteiger charge is -2.11. The summed E-state index contributed by atoms with van der Waals surface area (Å²) in [6.07, 6.45) is 0. The molecule has 0 aliphatic carbocycles. The Kier molecular flexibility index (Phi) is 6.14. The molecule has 0 radical (unpaired) electrons. The zero-order valence-electron chi connectivity index (χ0n) is 16.8. The van der Waals surface area contributed by atoms with Crippen molar-refractivity contribution >= 4 is 33.2 Å². The number of aromatic nitrogens is 2. The van der Waals surface area contributed by atoms with E-state index >= 15 is 0 Å². The Morgan fingerprint density at radius 3 is 2.42 bits per heavy atom. The molecule has 1 heterocycles. The summed E-state index contributed by atoms with van der Waals surface area (Å²) in [6, 6.07) is 9.60. The number of rotatable bonds is 7. The summed E-state index contributed by atoms with van der Waals surface area (Å²) in [5.41, 5.74) is 0.0895. The number of nitro groups is 1. The second-order valence-corrected chi connectivity index (χ2v) is 8.66. The lowest BCUT2D eigenvalue weighted by Crippen LogP contribution is -2.16. The maximum Gasteiger partial charge on any atom is 0.340 e. The van der Waals surface area contributed by atoms with Crippen LogP contribution in [0.3, 0.4) is 0 Å². The van der Waals surface area contributed by atoms with Crippen LogP contribution in [0.15, 0.2) is 47.4 Å². The molecule has 11 heteroatoms. The second-order valence-electron chi connectivity index (χ2n) is 6.68. The van der Waals surface area contributed by atoms with Crippen molar-refractivity contribution in [2.45, 2.75) is 32.2 Å². The van der Waals surface area contributed by atoms with Crippen molar-refractivity contribution in [3.8, 4) is 5.88 Å². The largest absolute Gasteiger partial charge is 0.358 e. The van der Waals surface area contributed by atoms with E-state index in [1.807, 2.05) is 6.92 Å². The fraction of sp³-hybridized carbons (Fsp3) is 0.200. The maximum atomic E-state index is 13.2. The number of nitrogens with zero attached hydrogens (tertiary/aromatic N) is 3. The first-order chi connectivity index (χ1) is 14.5. The number of halogens is 1. The van der Waals surface area contributed by atoms with Crippen molar-refractivity contribution < 1.29 is 22.3 Å². The minimum Gasteiger partial charge on any atom is -0.358 e. The Hall–Kier alpha value is -3.24. The van der Waals surface area contributed by atoms with Gasteiger partial charge in [0.2, 0.25) is 11.7 Å². The third-order valence-corrected chi connectivity index (χ3v) is 5.97. The first kappa shape index (κ1) is 22.4. The smallest absolute Gasteiger partial charge is 0.340 e. The SMILES string of the molecule is CCn1nc(C)c(C(=O)c2ccc(Cl)cc2[N+](=O)[O-])c1OS(=O)(=O)c1ccc(C)cc1. The van der Waals surface area contributed by atoms with E-state index in [0.717, 1.165) is 11.6 Å². The first-order valence-corrected chi connectivity index (χ1v) is 10.9. The van der Waals surface area contributed by atoms with Crippen LogP contribution in [0.2, 0.25) is 5.02 Å². The van der Waals surface area contributed by atoms with Gasteiger partial charge >= 0.3 is 10.1 Å². The summed E-state index contributed by atoms with van der Waals surface area (Å²) in [6.45, 7) is 5.20. The molecule has 9 nitrogen and oxygen atoms in total. The van der Waals surface area contributed by atoms with Crippen LogP contribution in [-0.2, 0) is 16.7 Å². The molecule has 31 heavy (non-hydrogen) atoms. The summed E-state index contributed by atoms with van der Waals surface area (Å²) >= 11 is 5.83. The molecule has 0 N–H and O–H groups in total. The summed E-state index contributed by atoms with van der Waals surface area (Å²) < 4.78 is 32.2. The molecule has 2 aromatic carbocycles. The standard InChI is InChI=1S/C20H18ClN3O6S/c1-4-23-20(30-31(28,29)15-8-5-12(2)6-9-15)18(13(3)22-23)19(25)16-10-7-14(21)11-17(16)24(26)27/h5-11H,4H2,1-3H3. The van der Waals surface area contributed by atoms with E-state index in [2.05, 4.69) is 5.10 Å². The highest BCUT2D eigenvalue weighted by Gasteiger charge is 2.31. The highest BCUT2D eigenvalue weighted by molar-refractivity contribution is 7.87. The average molecular weight is 464 g/mol. The van der Waals surface area contributed by atoms with Crippen molar-refractivity contribution in [3.63, 3.8) is 0 Å². The van der Waals surface area contributed by atoms with E-state index in [1.54, 1.807) is 19.1 Å². The Labute approximate surface area is 183 Å². The minimum absolute atomic E-state index is 0.0858. The lowest BCUT2D eigenvalue weighted by molar-refractivity contribution is -0.385. The molecular weight excluding hydrogens is 446 g/mol. The van der Waals surface area contributed by atoms with Gasteiger partial charge < -0.3 is 4.18 Å². The van der Waals surface area contributed by atoms with Gasteiger partial charge in [0, 0.05) is 17.6 Å². The van der Waals surface area contributed by atoms with Gasteiger partial charge in [-0.1, -0.05) is 29.3 Å². The summed E-state index contributed by atoms with van der Waals surface area (Å²) in [7, 11) is -4.29. The minimum atomic E-state index is -4.29. The van der Waals surface area contributed by atoms with Gasteiger partial charge in [-0.25, -0.2) is 4.68 Å². The fourth-order valence-electron chi connectivity index (χ4n) is 2.96. The van der Waals surface area contributed by atoms with Crippen LogP contribution < -0.4 is 4.18 Å². The summed E-state index contributed by atoms with van der Waals surface area (Å²) in [5, 5.41) is 15.7. The maximum absolute atomic E-state index is 13.2. The molecule has 0 fully saturated rings. The predicted octanol–water partition coefficient (Wildman–Crippen LogP) is 4.08. The molecule has 0 amide bonds. The van der Waals surface area contributed by atoms with Crippen molar-refractivity contribution in [2.24, 2.45) is 0 Å². The van der Waals surface area contributed by atoms with Crippen LogP contribution in [0.25, 0.3) is 0 Å². The van der Waals surface area contributed by atoms with Gasteiger partial charge in [0.25, 0.3) is 5.69 Å². The first-order valence-electron chi connectivity index (χ1n) is 9.12. The van der Waals surface area contributed by atoms with Crippen LogP contribution in [0, 0.1) is 24.0 Å². The molecule has 162 valence electrons. The van der Waals surface area contributed by atoms with E-state index in [4.69, 9.17) is 15.8 Å². The van der Waals surface area contributed by atoms with Crippen LogP contribution in [0.5, 0.6) is 5.88 Å². The Morgan fingerprint density at radius 1 is 1.19 bits per heavy atom. The number of nitro benzene ring substituents is 1. The molecule has 0 bridgehead atoms. The van der Waals surface area contributed by atoms with E-state index in [1.165, 1.54) is 35.9 Å². The number of benzene rings is 2. The number of hydrogen-bond donors (Lipinski definition) is 0. The zero-order chi connectivity index (χ0) is 22.9. The van der Waals surface area contributed by atoms with Crippen LogP contribution in [0.1, 0.15) is 34.1 Å². The van der Waals surface area contributed by atoms with Crippen molar-refractivity contribution in [1.29, 1.82) is 0 Å². The molecule has 0 aliphatic rings. The summed E-state index contributed by atoms with van der Waals surface area (Å²) in [4.78, 5) is 23.8. The molecule has 1 aromatic heterocycles. The van der Waals surface area contributed by atoms with E-state index < -0.39 is 26.5 Å². The van der Waals surface area contributed by atoms with Crippen LogP contribution >= 0.6 is 11.6 Å². The van der Waals surface area contributed by atoms with Crippen molar-refractivity contribution in [2.75, 3.05) is 0 Å². The van der Waals surface area contributed by atoms with E-state index in [0.29, 0.717) is 0 Å². The van der Waals surface area contributed by atoms with Crippen LogP contribution in [-0.4, -0.2) is 28.9 Å². The monoisotopic (exact) mass is 463 g/mol. The van der Waals surface area contributed by atoms with Crippen molar-refractivity contribution in [1.82, 2.24) is 9.78 Å². The molecule has 0 saturated carbocycles. The third kappa shape index (κ3) is 4.44. The van der Waals surface area contributed by atoms with E-state index in [-0.39, 0.29) is 39.2 Å². The zero-order valence-corrected chi connectivity index (χ0v) is 18.4. The topological polar surface area (TPSA) is 121 Å². The average Bonchev–Trinajstić information content (AvgIpc) is 3.02. The molecule has 0 aliphatic heterocycles. The van der Waals surface area contributed by atoms with Crippen molar-refractivity contribution in [3.05, 3.63) is 80.0 Å². The highest BCUT2D eigenvalue weighted by Crippen LogP contribution is 2.32. The van der Waals surface area contributed by atoms with Gasteiger partial charge in [-0.3, -0.25) is 14.9 Å². The number of hydrogen-bond acceptors (Lipinski definition) is 7. The van der Waals surface area contributed by atoms with Crippen LogP contribution in [0.4, 0.5) is 5.69 Å². The van der Waals surface area contributed by atoms with Gasteiger partial charge in [0.05, 0.1) is 10.6 Å². The predicted molar refractivity (Wildman–Crippen MR) is 113 cm³/mol. The molecular formula is C20H18ClN3O6S. The molecule has 0 atom stereocenters. The fourth-order valence-corrected chi connectivity index (χ4v) is 4.07. The number of ketones is 1. The van der Waals surface area contributed by atoms with E-state index in [9.17, 15) is 23.3 Å². The molecule has 0 spiro atoms. The van der Waals surface area contributed by atoms with Gasteiger partial charge in [0.1, 0.15) is 16.0 Å². The quantitative estimate of drug-likeness (QED) is 0.224. The van der Waals surface area contributed by atoms with Gasteiger partial charge in [0.15, 0.2) is 0 Å². The Balaban J connectivity index is 2.14. The third-order valence-electron chi connectivity index (χ3n) is 4.51. The Morgan fingerprint density at radius 2 is 1.84 bits per heavy atom. The summed E-state index contributed by atoms with van der Waals surface area (Å²) in [5.74, 6) is -1.11. The molecule has 0 saturated heterocycles. The number of aryl methyl sites for hydroxylation is 3. The Bertz CT molecular complexity index is 1280. The van der Waals surface area contributed by atoms with Gasteiger partial charge in [-0.15, -0.1) is 0 Å². The normalized spacial score (nSPS) is 11.4. The molecule has 3 rings (SSSR count). The highest BCUT2D eigenvalue weighted by atomic mass is 35.5. The number of carbonyl (C=O) groups excluding carboxylic acids is 1. The lowest BCUT2D eigenvalue weighted by atomic mass is 10.0. The molecule has 3 aromatic rings. The number of carbonyl (C=O) groups is 1. The van der Waals surface area contributed by atoms with Gasteiger partial charge in [-0.2, -0.15) is 13.5 Å². The second kappa shape index (κ2) is 8.48. The van der Waals surface area contributed by atoms with Gasteiger partial charge in [-0.05, 0) is 45.0 Å².